The highest BCUT2D eigenvalue weighted by Crippen LogP contribution is 2.30. The van der Waals surface area contributed by atoms with E-state index in [0.717, 1.165) is 57.4 Å². The zero-order valence-corrected chi connectivity index (χ0v) is 18.4. The molecule has 0 amide bonds. The third kappa shape index (κ3) is 9.96. The first-order chi connectivity index (χ1) is 14.2. The van der Waals surface area contributed by atoms with E-state index < -0.39 is 18.0 Å². The maximum absolute atomic E-state index is 12.0. The summed E-state index contributed by atoms with van der Waals surface area (Å²) in [5.41, 5.74) is 0.355. The topological polar surface area (TPSA) is 113 Å². The molecule has 0 aromatic heterocycles. The van der Waals surface area contributed by atoms with Crippen molar-refractivity contribution in [1.82, 2.24) is 0 Å². The second kappa shape index (κ2) is 13.9. The maximum Gasteiger partial charge on any atom is 0.341 e. The molecule has 7 heteroatoms. The first kappa shape index (κ1) is 25.8. The number of carbonyl (C=O) groups is 2. The van der Waals surface area contributed by atoms with Gasteiger partial charge in [0.15, 0.2) is 0 Å². The van der Waals surface area contributed by atoms with E-state index in [1.54, 1.807) is 0 Å². The van der Waals surface area contributed by atoms with Crippen molar-refractivity contribution in [2.75, 3.05) is 7.11 Å². The minimum atomic E-state index is -0.709. The number of benzene rings is 1. The second-order valence-electron chi connectivity index (χ2n) is 7.83. The Bertz CT molecular complexity index is 670. The molecule has 0 spiro atoms. The van der Waals surface area contributed by atoms with Gasteiger partial charge in [-0.05, 0) is 37.8 Å². The predicted molar refractivity (Wildman–Crippen MR) is 114 cm³/mol. The minimum absolute atomic E-state index is 0.0235. The van der Waals surface area contributed by atoms with Crippen LogP contribution in [-0.4, -0.2) is 46.6 Å². The maximum atomic E-state index is 12.0. The van der Waals surface area contributed by atoms with Gasteiger partial charge < -0.3 is 24.8 Å². The Morgan fingerprint density at radius 3 is 2.07 bits per heavy atom. The number of phenols is 2. The largest absolute Gasteiger partial charge is 0.508 e. The van der Waals surface area contributed by atoms with E-state index in [2.05, 4.69) is 0 Å². The van der Waals surface area contributed by atoms with Crippen LogP contribution in [-0.2, 0) is 20.7 Å². The van der Waals surface area contributed by atoms with E-state index >= 15 is 0 Å². The summed E-state index contributed by atoms with van der Waals surface area (Å²) in [5, 5.41) is 29.1. The highest BCUT2D eigenvalue weighted by molar-refractivity contribution is 5.94. The van der Waals surface area contributed by atoms with Gasteiger partial charge in [0.2, 0.25) is 0 Å². The summed E-state index contributed by atoms with van der Waals surface area (Å²) < 4.78 is 10.1. The van der Waals surface area contributed by atoms with Crippen LogP contribution < -0.4 is 0 Å². The molecule has 1 rings (SSSR count). The van der Waals surface area contributed by atoms with Crippen LogP contribution >= 0.6 is 0 Å². The monoisotopic (exact) mass is 424 g/mol. The molecular weight excluding hydrogens is 388 g/mol. The number of ether oxygens (including phenoxy) is 2. The second-order valence-corrected chi connectivity index (χ2v) is 7.83. The van der Waals surface area contributed by atoms with Crippen molar-refractivity contribution in [3.63, 3.8) is 0 Å². The number of hydrogen-bond donors (Lipinski definition) is 3. The molecule has 0 unspecified atom stereocenters. The van der Waals surface area contributed by atoms with Gasteiger partial charge in [-0.2, -0.15) is 0 Å². The smallest absolute Gasteiger partial charge is 0.341 e. The summed E-state index contributed by atoms with van der Waals surface area (Å²) in [4.78, 5) is 23.5. The molecule has 0 saturated carbocycles. The molecule has 0 aliphatic rings. The van der Waals surface area contributed by atoms with E-state index in [0.29, 0.717) is 12.0 Å². The first-order valence-electron chi connectivity index (χ1n) is 10.7. The summed E-state index contributed by atoms with van der Waals surface area (Å²) in [5.74, 6) is -1.66. The summed E-state index contributed by atoms with van der Waals surface area (Å²) in [6.45, 7) is 3.15. The van der Waals surface area contributed by atoms with Gasteiger partial charge in [-0.15, -0.1) is 0 Å². The van der Waals surface area contributed by atoms with Crippen LogP contribution in [0.5, 0.6) is 11.5 Å². The highest BCUT2D eigenvalue weighted by Gasteiger charge is 2.22. The van der Waals surface area contributed by atoms with Gasteiger partial charge in [-0.25, -0.2) is 4.79 Å². The van der Waals surface area contributed by atoms with Gasteiger partial charge in [0.1, 0.15) is 23.2 Å². The predicted octanol–water partition coefficient (Wildman–Crippen LogP) is 4.25. The van der Waals surface area contributed by atoms with Gasteiger partial charge in [0.05, 0.1) is 13.2 Å². The normalized spacial score (nSPS) is 12.9. The average Bonchev–Trinajstić information content (AvgIpc) is 2.64. The highest BCUT2D eigenvalue weighted by atomic mass is 16.5. The number of aromatic hydroxyl groups is 2. The average molecular weight is 425 g/mol. The molecule has 0 saturated heterocycles. The molecule has 0 radical (unpaired) electrons. The van der Waals surface area contributed by atoms with Crippen molar-refractivity contribution < 1.29 is 34.4 Å². The van der Waals surface area contributed by atoms with E-state index in [-0.39, 0.29) is 29.6 Å². The van der Waals surface area contributed by atoms with E-state index in [1.165, 1.54) is 20.1 Å². The van der Waals surface area contributed by atoms with Gasteiger partial charge in [-0.3, -0.25) is 4.79 Å². The Morgan fingerprint density at radius 1 is 0.967 bits per heavy atom. The lowest BCUT2D eigenvalue weighted by Crippen LogP contribution is -2.21. The number of unbranched alkanes of at least 4 members (excludes halogenated alkanes) is 6. The number of aliphatic hydroxyl groups excluding tert-OH is 1. The third-order valence-corrected chi connectivity index (χ3v) is 5.00. The fourth-order valence-corrected chi connectivity index (χ4v) is 3.55. The Balaban J connectivity index is 2.57. The van der Waals surface area contributed by atoms with Crippen LogP contribution in [0.4, 0.5) is 0 Å². The SMILES string of the molecule is COC(=O)c1c(O)cc(O)cc1C[C@@H](CCCCCCCCC[C@H](C)O)OC(C)=O. The van der Waals surface area contributed by atoms with Gasteiger partial charge >= 0.3 is 11.9 Å². The van der Waals surface area contributed by atoms with Crippen LogP contribution in [0.25, 0.3) is 0 Å². The molecule has 2 atom stereocenters. The van der Waals surface area contributed by atoms with Gasteiger partial charge in [-0.1, -0.05) is 38.5 Å². The fourth-order valence-electron chi connectivity index (χ4n) is 3.55. The van der Waals surface area contributed by atoms with Crippen LogP contribution in [0.15, 0.2) is 12.1 Å². The van der Waals surface area contributed by atoms with Gasteiger partial charge in [0.25, 0.3) is 0 Å². The summed E-state index contributed by atoms with van der Waals surface area (Å²) in [6, 6.07) is 2.47. The number of phenolic OH excluding ortho intramolecular Hbond substituents is 2. The quantitative estimate of drug-likeness (QED) is 0.302. The zero-order chi connectivity index (χ0) is 22.5. The summed E-state index contributed by atoms with van der Waals surface area (Å²) in [7, 11) is 1.21. The summed E-state index contributed by atoms with van der Waals surface area (Å²) >= 11 is 0. The van der Waals surface area contributed by atoms with E-state index in [9.17, 15) is 24.9 Å². The van der Waals surface area contributed by atoms with Crippen molar-refractivity contribution in [1.29, 1.82) is 0 Å². The molecule has 3 N–H and O–H groups in total. The Labute approximate surface area is 179 Å². The minimum Gasteiger partial charge on any atom is -0.508 e. The van der Waals surface area contributed by atoms with Crippen molar-refractivity contribution in [3.8, 4) is 11.5 Å². The molecule has 0 fully saturated rings. The lowest BCUT2D eigenvalue weighted by molar-refractivity contribution is -0.146. The number of rotatable bonds is 14. The fraction of sp³-hybridized carbons (Fsp3) is 0.652. The van der Waals surface area contributed by atoms with Crippen molar-refractivity contribution in [3.05, 3.63) is 23.3 Å². The molecule has 170 valence electrons. The number of methoxy groups -OCH3 is 1. The van der Waals surface area contributed by atoms with Crippen molar-refractivity contribution in [2.45, 2.75) is 90.3 Å². The molecule has 0 bridgehead atoms. The zero-order valence-electron chi connectivity index (χ0n) is 18.4. The van der Waals surface area contributed by atoms with Crippen molar-refractivity contribution in [2.24, 2.45) is 0 Å². The van der Waals surface area contributed by atoms with Crippen LogP contribution in [0.2, 0.25) is 0 Å². The van der Waals surface area contributed by atoms with E-state index in [4.69, 9.17) is 9.47 Å². The summed E-state index contributed by atoms with van der Waals surface area (Å²) in [6.07, 6.45) is 8.38. The van der Waals surface area contributed by atoms with Gasteiger partial charge in [0, 0.05) is 19.4 Å². The van der Waals surface area contributed by atoms with Crippen molar-refractivity contribution >= 4 is 11.9 Å². The number of esters is 2. The molecule has 0 aliphatic heterocycles. The molecule has 0 aliphatic carbocycles. The number of carbonyl (C=O) groups excluding carboxylic acids is 2. The van der Waals surface area contributed by atoms with Crippen LogP contribution in [0.1, 0.15) is 87.6 Å². The Kier molecular flexibility index (Phi) is 11.9. The third-order valence-electron chi connectivity index (χ3n) is 5.00. The molecule has 1 aromatic carbocycles. The van der Waals surface area contributed by atoms with Crippen LogP contribution in [0, 0.1) is 0 Å². The molecule has 0 heterocycles. The standard InChI is InChI=1S/C23H36O7/c1-16(24)11-9-7-5-4-6-8-10-12-20(30-17(2)25)14-18-13-19(26)15-21(27)22(18)23(28)29-3/h13,15-16,20,24,26-27H,4-12,14H2,1-3H3/t16-,20+/m0/s1. The first-order valence-corrected chi connectivity index (χ1v) is 10.7. The van der Waals surface area contributed by atoms with E-state index in [1.807, 2.05) is 6.92 Å². The number of hydrogen-bond acceptors (Lipinski definition) is 7. The lowest BCUT2D eigenvalue weighted by Gasteiger charge is -2.19. The molecule has 30 heavy (non-hydrogen) atoms. The molecule has 7 nitrogen and oxygen atoms in total. The van der Waals surface area contributed by atoms with Crippen LogP contribution in [0.3, 0.4) is 0 Å². The Hall–Kier alpha value is -2.28. The Morgan fingerprint density at radius 2 is 1.53 bits per heavy atom. The number of aliphatic hydroxyl groups is 1. The molecule has 1 aromatic rings. The lowest BCUT2D eigenvalue weighted by atomic mass is 9.96. The molecular formula is C23H36O7.